The molecule has 0 aliphatic carbocycles. The molecule has 2 amide bonds. The number of benzene rings is 3. The molecule has 0 N–H and O–H groups in total. The van der Waals surface area contributed by atoms with Crippen LogP contribution in [0, 0.1) is 14.9 Å². The van der Waals surface area contributed by atoms with E-state index in [-0.39, 0.29) is 11.5 Å². The minimum Gasteiger partial charge on any atom is -0.490 e. The molecule has 3 aromatic rings. The molecule has 6 nitrogen and oxygen atoms in total. The zero-order valence-corrected chi connectivity index (χ0v) is 22.2. The van der Waals surface area contributed by atoms with Gasteiger partial charge < -0.3 is 9.47 Å². The fourth-order valence-electron chi connectivity index (χ4n) is 3.44. The number of ether oxygens (including phenoxy) is 2. The summed E-state index contributed by atoms with van der Waals surface area (Å²) in [7, 11) is 0. The number of amides is 2. The summed E-state index contributed by atoms with van der Waals surface area (Å²) in [6.45, 7) is 2.48. The van der Waals surface area contributed by atoms with E-state index in [4.69, 9.17) is 21.1 Å². The molecule has 4 rings (SSSR count). The van der Waals surface area contributed by atoms with Crippen LogP contribution in [0.3, 0.4) is 0 Å². The second-order valence-corrected chi connectivity index (χ2v) is 9.85. The largest absolute Gasteiger partial charge is 0.490 e. The number of halogens is 2. The number of para-hydroxylation sites is 1. The van der Waals surface area contributed by atoms with E-state index in [9.17, 15) is 14.9 Å². The van der Waals surface area contributed by atoms with Crippen molar-refractivity contribution in [1.29, 1.82) is 5.26 Å². The van der Waals surface area contributed by atoms with Gasteiger partial charge in [0.1, 0.15) is 6.61 Å². The van der Waals surface area contributed by atoms with E-state index in [1.807, 2.05) is 25.1 Å². The van der Waals surface area contributed by atoms with Gasteiger partial charge in [0.15, 0.2) is 11.5 Å². The highest BCUT2D eigenvalue weighted by molar-refractivity contribution is 14.1. The zero-order chi connectivity index (χ0) is 24.9. The average Bonchev–Trinajstić information content (AvgIpc) is 3.11. The zero-order valence-electron chi connectivity index (χ0n) is 18.5. The van der Waals surface area contributed by atoms with Gasteiger partial charge in [-0.25, -0.2) is 4.90 Å². The summed E-state index contributed by atoms with van der Waals surface area (Å²) in [5, 5.41) is 9.24. The lowest BCUT2D eigenvalue weighted by Gasteiger charge is -2.15. The number of thioether (sulfide) groups is 1. The number of hydrogen-bond donors (Lipinski definition) is 0. The van der Waals surface area contributed by atoms with Gasteiger partial charge >= 0.3 is 0 Å². The van der Waals surface area contributed by atoms with Crippen LogP contribution in [0.5, 0.6) is 11.5 Å². The van der Waals surface area contributed by atoms with Gasteiger partial charge in [-0.05, 0) is 83.2 Å². The molecule has 0 radical (unpaired) electrons. The number of carbonyl (C=O) groups excluding carboxylic acids is 2. The predicted molar refractivity (Wildman–Crippen MR) is 146 cm³/mol. The normalized spacial score (nSPS) is 14.3. The van der Waals surface area contributed by atoms with E-state index in [2.05, 4.69) is 28.7 Å². The second kappa shape index (κ2) is 11.2. The van der Waals surface area contributed by atoms with Crippen molar-refractivity contribution >= 4 is 68.9 Å². The third-order valence-corrected chi connectivity index (χ3v) is 7.02. The highest BCUT2D eigenvalue weighted by Gasteiger charge is 2.37. The van der Waals surface area contributed by atoms with E-state index in [1.165, 1.54) is 0 Å². The summed E-state index contributed by atoms with van der Waals surface area (Å²) in [5.74, 6) is 0.612. The summed E-state index contributed by atoms with van der Waals surface area (Å²) in [6.07, 6.45) is 1.65. The van der Waals surface area contributed by atoms with Crippen molar-refractivity contribution in [2.75, 3.05) is 11.5 Å². The lowest BCUT2D eigenvalue weighted by Crippen LogP contribution is -2.27. The first-order valence-electron chi connectivity index (χ1n) is 10.5. The quantitative estimate of drug-likeness (QED) is 0.209. The summed E-state index contributed by atoms with van der Waals surface area (Å²) in [5.41, 5.74) is 2.36. The maximum atomic E-state index is 13.0. The Morgan fingerprint density at radius 2 is 1.86 bits per heavy atom. The summed E-state index contributed by atoms with van der Waals surface area (Å²) in [4.78, 5) is 27.0. The second-order valence-electron chi connectivity index (χ2n) is 7.29. The van der Waals surface area contributed by atoms with Crippen LogP contribution in [0.4, 0.5) is 10.5 Å². The topological polar surface area (TPSA) is 79.6 Å². The first-order chi connectivity index (χ1) is 16.9. The van der Waals surface area contributed by atoms with Gasteiger partial charge in [-0.15, -0.1) is 0 Å². The van der Waals surface area contributed by atoms with Crippen molar-refractivity contribution in [1.82, 2.24) is 0 Å². The lowest BCUT2D eigenvalue weighted by molar-refractivity contribution is -0.113. The van der Waals surface area contributed by atoms with E-state index < -0.39 is 11.1 Å². The van der Waals surface area contributed by atoms with Crippen molar-refractivity contribution in [3.63, 3.8) is 0 Å². The average molecular weight is 617 g/mol. The number of anilines is 1. The fourth-order valence-corrected chi connectivity index (χ4v) is 5.27. The molecule has 1 fully saturated rings. The number of nitrogens with zero attached hydrogens (tertiary/aromatic N) is 2. The molecular formula is C26H18ClIN2O4S. The Hall–Kier alpha value is -3.00. The molecule has 0 saturated carbocycles. The van der Waals surface area contributed by atoms with E-state index in [0.29, 0.717) is 39.9 Å². The predicted octanol–water partition coefficient (Wildman–Crippen LogP) is 7.03. The van der Waals surface area contributed by atoms with Gasteiger partial charge in [0.05, 0.1) is 37.4 Å². The Balaban J connectivity index is 1.62. The molecule has 1 aliphatic heterocycles. The summed E-state index contributed by atoms with van der Waals surface area (Å²) < 4.78 is 12.6. The Bertz CT molecular complexity index is 1390. The Kier molecular flexibility index (Phi) is 8.00. The smallest absolute Gasteiger partial charge is 0.298 e. The minimum absolute atomic E-state index is 0.204. The van der Waals surface area contributed by atoms with Crippen molar-refractivity contribution in [2.24, 2.45) is 0 Å². The molecule has 0 spiro atoms. The highest BCUT2D eigenvalue weighted by atomic mass is 127. The summed E-state index contributed by atoms with van der Waals surface area (Å²) >= 11 is 9.20. The van der Waals surface area contributed by atoms with Gasteiger partial charge in [-0.3, -0.25) is 9.59 Å². The molecule has 0 unspecified atom stereocenters. The van der Waals surface area contributed by atoms with Gasteiger partial charge in [0.2, 0.25) is 0 Å². The molecule has 3 aromatic carbocycles. The molecular weight excluding hydrogens is 599 g/mol. The molecule has 1 heterocycles. The molecule has 9 heteroatoms. The Morgan fingerprint density at radius 1 is 1.11 bits per heavy atom. The molecule has 176 valence electrons. The van der Waals surface area contributed by atoms with E-state index in [0.717, 1.165) is 25.8 Å². The molecule has 1 saturated heterocycles. The first-order valence-corrected chi connectivity index (χ1v) is 12.8. The Morgan fingerprint density at radius 3 is 2.60 bits per heavy atom. The number of carbonyl (C=O) groups is 2. The molecule has 1 aliphatic rings. The van der Waals surface area contributed by atoms with E-state index in [1.54, 1.807) is 48.5 Å². The maximum Gasteiger partial charge on any atom is 0.298 e. The number of hydrogen-bond acceptors (Lipinski definition) is 6. The van der Waals surface area contributed by atoms with Crippen LogP contribution in [0.1, 0.15) is 23.6 Å². The van der Waals surface area contributed by atoms with Crippen LogP contribution in [-0.4, -0.2) is 17.8 Å². The first kappa shape index (κ1) is 25.1. The van der Waals surface area contributed by atoms with Gasteiger partial charge in [-0.2, -0.15) is 5.26 Å². The van der Waals surface area contributed by atoms with Crippen molar-refractivity contribution < 1.29 is 19.1 Å². The maximum absolute atomic E-state index is 13.0. The monoisotopic (exact) mass is 616 g/mol. The number of imide groups is 1. The van der Waals surface area contributed by atoms with Crippen LogP contribution in [0.2, 0.25) is 5.02 Å². The van der Waals surface area contributed by atoms with Crippen LogP contribution in [0.25, 0.3) is 6.08 Å². The molecule has 35 heavy (non-hydrogen) atoms. The lowest BCUT2D eigenvalue weighted by atomic mass is 10.1. The third kappa shape index (κ3) is 5.48. The van der Waals surface area contributed by atoms with Gasteiger partial charge in [0.25, 0.3) is 11.1 Å². The van der Waals surface area contributed by atoms with Crippen LogP contribution >= 0.6 is 46.0 Å². The van der Waals surface area contributed by atoms with Gasteiger partial charge in [0, 0.05) is 5.56 Å². The van der Waals surface area contributed by atoms with Crippen LogP contribution in [0.15, 0.2) is 65.6 Å². The number of rotatable bonds is 7. The van der Waals surface area contributed by atoms with Crippen LogP contribution in [-0.2, 0) is 11.4 Å². The van der Waals surface area contributed by atoms with Crippen molar-refractivity contribution in [2.45, 2.75) is 13.5 Å². The number of nitriles is 1. The van der Waals surface area contributed by atoms with E-state index >= 15 is 0 Å². The van der Waals surface area contributed by atoms with Gasteiger partial charge in [-0.1, -0.05) is 41.9 Å². The summed E-state index contributed by atoms with van der Waals surface area (Å²) in [6, 6.07) is 19.7. The standard InChI is InChI=1S/C26H18ClIN2O4S/c1-2-33-22-12-16(11-20(28)24(22)34-15-18-8-4-3-7-17(18)14-29)13-23-25(31)30(26(32)35-23)21-10-6-5-9-19(21)27/h3-13H,2,15H2,1H3/b23-13-. The fraction of sp³-hybridized carbons (Fsp3) is 0.115. The van der Waals surface area contributed by atoms with Crippen molar-refractivity contribution in [3.8, 4) is 17.6 Å². The minimum atomic E-state index is -0.436. The highest BCUT2D eigenvalue weighted by Crippen LogP contribution is 2.40. The molecule has 0 bridgehead atoms. The Labute approximate surface area is 225 Å². The molecule has 0 atom stereocenters. The SMILES string of the molecule is CCOc1cc(/C=C2\SC(=O)N(c3ccccc3Cl)C2=O)cc(I)c1OCc1ccccc1C#N. The third-order valence-electron chi connectivity index (χ3n) is 5.03. The van der Waals surface area contributed by atoms with Crippen LogP contribution < -0.4 is 14.4 Å². The molecule has 0 aromatic heterocycles. The van der Waals surface area contributed by atoms with Crippen molar-refractivity contribution in [3.05, 3.63) is 90.9 Å².